The van der Waals surface area contributed by atoms with E-state index in [1.54, 1.807) is 26.0 Å². The molecule has 96 heavy (non-hydrogen) atoms. The molecule has 7 rings (SSSR count). The van der Waals surface area contributed by atoms with E-state index in [2.05, 4.69) is 21.3 Å². The van der Waals surface area contributed by atoms with Crippen LogP contribution < -0.4 is 21.3 Å². The predicted octanol–water partition coefficient (Wildman–Crippen LogP) is 6.20. The third-order valence-corrected chi connectivity index (χ3v) is 21.2. The van der Waals surface area contributed by atoms with Crippen LogP contribution in [0.5, 0.6) is 0 Å². The van der Waals surface area contributed by atoms with Gasteiger partial charge >= 0.3 is 6.18 Å². The first-order chi connectivity index (χ1) is 45.1. The number of hydrogen-bond donors (Lipinski definition) is 4. The summed E-state index contributed by atoms with van der Waals surface area (Å²) in [5.74, 6) is -7.53. The maximum Gasteiger partial charge on any atom is 0.417 e. The van der Waals surface area contributed by atoms with E-state index in [0.717, 1.165) is 35.4 Å². The van der Waals surface area contributed by atoms with Gasteiger partial charge in [0.2, 0.25) is 65.0 Å². The molecule has 0 radical (unpaired) electrons. The molecule has 22 nitrogen and oxygen atoms in total. The lowest BCUT2D eigenvalue weighted by Crippen LogP contribution is -2.65. The number of carbonyl (C=O) groups is 11. The number of halogens is 4. The molecular formula is C70H101ClF3N11O11. The highest BCUT2D eigenvalue weighted by atomic mass is 35.5. The number of benzene rings is 2. The largest absolute Gasteiger partial charge is 0.417 e. The fraction of sp³-hybridized carbons (Fsp3) is 0.671. The van der Waals surface area contributed by atoms with Crippen LogP contribution in [-0.4, -0.2) is 214 Å². The summed E-state index contributed by atoms with van der Waals surface area (Å²) in [6, 6.07) is -0.994. The maximum atomic E-state index is 15.3. The first-order valence-corrected chi connectivity index (χ1v) is 34.6. The van der Waals surface area contributed by atoms with Crippen LogP contribution >= 0.6 is 11.6 Å². The van der Waals surface area contributed by atoms with Crippen molar-refractivity contribution in [3.63, 3.8) is 0 Å². The van der Waals surface area contributed by atoms with E-state index in [1.165, 1.54) is 84.6 Å². The average Bonchev–Trinajstić information content (AvgIpc) is 1.50. The van der Waals surface area contributed by atoms with Gasteiger partial charge in [-0.25, -0.2) is 0 Å². The van der Waals surface area contributed by atoms with Crippen LogP contribution in [0.1, 0.15) is 167 Å². The molecule has 2 saturated carbocycles. The molecule has 0 bridgehead atoms. The van der Waals surface area contributed by atoms with E-state index >= 15 is 14.4 Å². The van der Waals surface area contributed by atoms with Gasteiger partial charge in [-0.1, -0.05) is 107 Å². The molecule has 11 amide bonds. The number of carbonyl (C=O) groups excluding carboxylic acids is 11. The molecule has 3 saturated heterocycles. The van der Waals surface area contributed by atoms with Gasteiger partial charge < -0.3 is 55.6 Å². The highest BCUT2D eigenvalue weighted by Gasteiger charge is 2.51. The van der Waals surface area contributed by atoms with Gasteiger partial charge in [0.25, 0.3) is 0 Å². The van der Waals surface area contributed by atoms with E-state index in [0.29, 0.717) is 49.7 Å². The summed E-state index contributed by atoms with van der Waals surface area (Å²) in [5, 5.41) is 11.2. The monoisotopic (exact) mass is 1360 g/mol. The predicted molar refractivity (Wildman–Crippen MR) is 355 cm³/mol. The number of likely N-dealkylation sites (N-methyl/N-ethyl adjacent to an activating group) is 5. The molecule has 26 heteroatoms. The summed E-state index contributed by atoms with van der Waals surface area (Å²) in [6.45, 7) is 14.1. The first-order valence-electron chi connectivity index (χ1n) is 34.2. The van der Waals surface area contributed by atoms with Crippen LogP contribution in [0.25, 0.3) is 0 Å². The number of aryl methyl sites for hydroxylation is 2. The number of amides is 11. The van der Waals surface area contributed by atoms with Crippen LogP contribution in [-0.2, 0) is 71.8 Å². The SMILES string of the molecule is CC[C@H](C)[C@@H]1NC(=O)[C@H](CC(C)C)N(C)C(=O)C[C@@H](C)NC(=O)[C@H](C2CCCC2)N(C)C(=O)C2(CCCC2)NC(=O)[C@@H]2CCCN2C(=O)[C@H](CCc2ccc(C(F)(F)F)c(Cl)c2)NC(=O)[C@@H](C)N(C)C(=O)[C@H](Cc2ccc(C)cc2)N(C)C(=O)[C@@H]2CCN2C(=O)[C@H](C)N(C)C1=O. The van der Waals surface area contributed by atoms with E-state index in [4.69, 9.17) is 11.6 Å². The number of alkyl halides is 3. The third-order valence-electron chi connectivity index (χ3n) is 20.9. The normalized spacial score (nSPS) is 28.0. The summed E-state index contributed by atoms with van der Waals surface area (Å²) in [4.78, 5) is 172. The van der Waals surface area contributed by atoms with Crippen LogP contribution in [0, 0.1) is 24.7 Å². The molecule has 4 N–H and O–H groups in total. The molecule has 5 aliphatic rings. The number of fused-ring (bicyclic) bond motifs is 2. The summed E-state index contributed by atoms with van der Waals surface area (Å²) in [7, 11) is 7.28. The van der Waals surface area contributed by atoms with Gasteiger partial charge in [-0.3, -0.25) is 52.7 Å². The van der Waals surface area contributed by atoms with Crippen molar-refractivity contribution in [2.24, 2.45) is 17.8 Å². The van der Waals surface area contributed by atoms with E-state index in [9.17, 15) is 51.5 Å². The van der Waals surface area contributed by atoms with Crippen molar-refractivity contribution in [1.82, 2.24) is 55.6 Å². The van der Waals surface area contributed by atoms with Gasteiger partial charge in [0, 0.05) is 67.2 Å². The second kappa shape index (κ2) is 32.4. The van der Waals surface area contributed by atoms with Gasteiger partial charge in [0.05, 0.1) is 10.6 Å². The summed E-state index contributed by atoms with van der Waals surface area (Å²) in [6.07, 6.45) is 0.457. The Bertz CT molecular complexity index is 3200. The molecule has 2 aromatic carbocycles. The lowest BCUT2D eigenvalue weighted by molar-refractivity contribution is -0.160. The zero-order valence-electron chi connectivity index (χ0n) is 58.1. The zero-order valence-corrected chi connectivity index (χ0v) is 58.9. The second-order valence-electron chi connectivity index (χ2n) is 28.2. The van der Waals surface area contributed by atoms with Crippen molar-refractivity contribution in [1.29, 1.82) is 0 Å². The molecule has 1 spiro atoms. The summed E-state index contributed by atoms with van der Waals surface area (Å²) < 4.78 is 41.6. The van der Waals surface area contributed by atoms with Crippen molar-refractivity contribution < 1.29 is 65.9 Å². The molecule has 2 aromatic rings. The minimum absolute atomic E-state index is 0.0347. The second-order valence-corrected chi connectivity index (χ2v) is 28.6. The van der Waals surface area contributed by atoms with Gasteiger partial charge in [0.1, 0.15) is 59.9 Å². The topological polar surface area (TPSA) is 259 Å². The summed E-state index contributed by atoms with van der Waals surface area (Å²) >= 11 is 6.16. The Balaban J connectivity index is 1.27. The lowest BCUT2D eigenvalue weighted by Gasteiger charge is -2.45. The van der Waals surface area contributed by atoms with E-state index in [-0.39, 0.29) is 82.7 Å². The standard InChI is InChI=1S/C70H101ClF3N11O11/c1-14-42(5)57-67(95)80(10)45(8)63(91)85-35-31-53(85)65(93)82(12)55(39-47-25-23-41(4)24-26-47)66(94)79(9)44(7)59(87)76-51(30-28-46-27-29-49(50(71)38-46)70(72,73)74)64(92)84-34-19-22-52(84)61(89)78-69(32-17-18-33-69)68(96)83(13)58(48-20-15-16-21-48)62(90)75-43(6)37-56(86)81(11)54(36-40(2)3)60(88)77-57/h23-27,29,38,40,42-45,48,51-55,57-58H,14-22,28,30-37,39H2,1-13H3,(H,75,90)(H,76,87)(H,77,88)(H,78,89)/t42-,43+,44+,45-,51-,52-,53-,54-,55-,57-,58-/m0/s1. The van der Waals surface area contributed by atoms with Gasteiger partial charge in [-0.15, -0.1) is 0 Å². The number of nitrogens with one attached hydrogen (secondary N) is 4. The van der Waals surface area contributed by atoms with Crippen LogP contribution in [0.3, 0.4) is 0 Å². The Kier molecular flexibility index (Phi) is 25.6. The Morgan fingerprint density at radius 2 is 1.22 bits per heavy atom. The molecular weight excluding hydrogens is 1260 g/mol. The third kappa shape index (κ3) is 17.5. The molecule has 530 valence electrons. The number of rotatable bonds is 10. The fourth-order valence-corrected chi connectivity index (χ4v) is 14.6. The highest BCUT2D eigenvalue weighted by Crippen LogP contribution is 2.38. The van der Waals surface area contributed by atoms with Crippen molar-refractivity contribution >= 4 is 76.6 Å². The zero-order chi connectivity index (χ0) is 71.0. The maximum absolute atomic E-state index is 15.3. The minimum Gasteiger partial charge on any atom is -0.351 e. The Hall–Kier alpha value is -7.31. The Morgan fingerprint density at radius 3 is 1.80 bits per heavy atom. The van der Waals surface area contributed by atoms with Crippen molar-refractivity contribution in [3.8, 4) is 0 Å². The molecule has 5 fully saturated rings. The summed E-state index contributed by atoms with van der Waals surface area (Å²) in [5.41, 5.74) is -0.674. The van der Waals surface area contributed by atoms with Gasteiger partial charge in [-0.05, 0) is 133 Å². The average molecular weight is 1370 g/mol. The quantitative estimate of drug-likeness (QED) is 0.208. The lowest BCUT2D eigenvalue weighted by atomic mass is 9.90. The smallest absolute Gasteiger partial charge is 0.351 e. The van der Waals surface area contributed by atoms with Crippen LogP contribution in [0.4, 0.5) is 13.2 Å². The first kappa shape index (κ1) is 76.1. The fourth-order valence-electron chi connectivity index (χ4n) is 14.3. The molecule has 3 aliphatic heterocycles. The minimum atomic E-state index is -4.76. The molecule has 3 heterocycles. The van der Waals surface area contributed by atoms with Crippen molar-refractivity contribution in [3.05, 3.63) is 69.7 Å². The van der Waals surface area contributed by atoms with Crippen LogP contribution in [0.2, 0.25) is 5.02 Å². The van der Waals surface area contributed by atoms with E-state index in [1.807, 2.05) is 39.8 Å². The van der Waals surface area contributed by atoms with Crippen LogP contribution in [0.15, 0.2) is 42.5 Å². The Labute approximate surface area is 568 Å². The molecule has 0 aromatic heterocycles. The van der Waals surface area contributed by atoms with E-state index < -0.39 is 154 Å². The molecule has 2 aliphatic carbocycles. The van der Waals surface area contributed by atoms with Gasteiger partial charge in [0.15, 0.2) is 0 Å². The van der Waals surface area contributed by atoms with Gasteiger partial charge in [-0.2, -0.15) is 13.2 Å². The van der Waals surface area contributed by atoms with Crippen molar-refractivity contribution in [2.75, 3.05) is 48.3 Å². The molecule has 11 atom stereocenters. The number of nitrogens with zero attached hydrogens (tertiary/aromatic N) is 7. The highest BCUT2D eigenvalue weighted by molar-refractivity contribution is 6.31. The van der Waals surface area contributed by atoms with Crippen molar-refractivity contribution in [2.45, 2.75) is 237 Å². The molecule has 0 unspecified atom stereocenters. The Morgan fingerprint density at radius 1 is 0.604 bits per heavy atom. The number of hydrogen-bond acceptors (Lipinski definition) is 11.